The molecule has 5 heteroatoms. The lowest BCUT2D eigenvalue weighted by atomic mass is 9.72. The van der Waals surface area contributed by atoms with Gasteiger partial charge in [-0.3, -0.25) is 9.59 Å². The van der Waals surface area contributed by atoms with Crippen molar-refractivity contribution in [3.63, 3.8) is 0 Å². The number of aliphatic carboxylic acids is 2. The van der Waals surface area contributed by atoms with E-state index in [2.05, 4.69) is 0 Å². The van der Waals surface area contributed by atoms with Crippen molar-refractivity contribution >= 4 is 23.3 Å². The summed E-state index contributed by atoms with van der Waals surface area (Å²) in [5.74, 6) is -1.67. The Morgan fingerprint density at radius 2 is 1.78 bits per heavy atom. The van der Waals surface area contributed by atoms with Crippen molar-refractivity contribution in [3.8, 4) is 0 Å². The normalized spacial score (nSPS) is 11.4. The molecule has 0 atom stereocenters. The van der Waals surface area contributed by atoms with E-state index in [0.717, 1.165) is 12.0 Å². The summed E-state index contributed by atoms with van der Waals surface area (Å²) in [7, 11) is 0. The number of thiophene rings is 1. The summed E-state index contributed by atoms with van der Waals surface area (Å²) in [6.07, 6.45) is 1.88. The Morgan fingerprint density at radius 1 is 1.22 bits per heavy atom. The molecule has 0 aliphatic carbocycles. The average molecular weight is 270 g/mol. The molecule has 2 N–H and O–H groups in total. The quantitative estimate of drug-likeness (QED) is 0.761. The van der Waals surface area contributed by atoms with E-state index in [-0.39, 0.29) is 18.3 Å². The first kappa shape index (κ1) is 14.7. The van der Waals surface area contributed by atoms with Crippen LogP contribution in [0.3, 0.4) is 0 Å². The van der Waals surface area contributed by atoms with E-state index < -0.39 is 11.9 Å². The molecular weight excluding hydrogens is 252 g/mol. The van der Waals surface area contributed by atoms with Crippen LogP contribution in [0.1, 0.15) is 44.6 Å². The average Bonchev–Trinajstić information content (AvgIpc) is 2.83. The highest BCUT2D eigenvalue weighted by atomic mass is 32.1. The highest BCUT2D eigenvalue weighted by Gasteiger charge is 2.31. The molecule has 18 heavy (non-hydrogen) atoms. The van der Waals surface area contributed by atoms with Gasteiger partial charge in [0.2, 0.25) is 0 Å². The number of carboxylic acids is 2. The topological polar surface area (TPSA) is 74.6 Å². The van der Waals surface area contributed by atoms with Crippen molar-refractivity contribution < 1.29 is 19.8 Å². The van der Waals surface area contributed by atoms with Crippen molar-refractivity contribution in [3.05, 3.63) is 22.4 Å². The molecule has 1 rings (SSSR count). The molecule has 0 radical (unpaired) electrons. The predicted octanol–water partition coefficient (Wildman–Crippen LogP) is 3.13. The molecule has 0 aliphatic rings. The maximum absolute atomic E-state index is 10.8. The van der Waals surface area contributed by atoms with E-state index in [1.165, 1.54) is 0 Å². The molecule has 4 nitrogen and oxygen atoms in total. The number of rotatable bonds is 8. The Morgan fingerprint density at radius 3 is 2.11 bits per heavy atom. The fraction of sp³-hybridized carbons (Fsp3) is 0.538. The van der Waals surface area contributed by atoms with Gasteiger partial charge in [-0.2, -0.15) is 11.3 Å². The van der Waals surface area contributed by atoms with Gasteiger partial charge in [0, 0.05) is 12.8 Å². The van der Waals surface area contributed by atoms with Crippen molar-refractivity contribution in [2.75, 3.05) is 0 Å². The van der Waals surface area contributed by atoms with E-state index in [0.29, 0.717) is 12.8 Å². The van der Waals surface area contributed by atoms with Gasteiger partial charge in [-0.15, -0.1) is 0 Å². The zero-order valence-electron chi connectivity index (χ0n) is 10.4. The van der Waals surface area contributed by atoms with E-state index in [9.17, 15) is 9.59 Å². The maximum Gasteiger partial charge on any atom is 0.303 e. The minimum atomic E-state index is -0.835. The van der Waals surface area contributed by atoms with Gasteiger partial charge in [0.15, 0.2) is 0 Å². The molecule has 0 spiro atoms. The van der Waals surface area contributed by atoms with Crippen LogP contribution < -0.4 is 0 Å². The second-order valence-corrected chi connectivity index (χ2v) is 5.21. The molecule has 0 bridgehead atoms. The Labute approximate surface area is 110 Å². The van der Waals surface area contributed by atoms with Gasteiger partial charge < -0.3 is 10.2 Å². The van der Waals surface area contributed by atoms with Crippen LogP contribution in [0.2, 0.25) is 0 Å². The molecule has 0 fully saturated rings. The lowest BCUT2D eigenvalue weighted by Crippen LogP contribution is -2.27. The Kier molecular flexibility index (Phi) is 5.34. The molecule has 0 amide bonds. The van der Waals surface area contributed by atoms with Crippen molar-refractivity contribution in [1.29, 1.82) is 0 Å². The SMILES string of the molecule is CCC(CCC(=O)O)(CCC(=O)O)c1ccsc1. The molecule has 0 aliphatic heterocycles. The zero-order valence-corrected chi connectivity index (χ0v) is 11.2. The van der Waals surface area contributed by atoms with Crippen LogP contribution >= 0.6 is 11.3 Å². The molecule has 1 heterocycles. The smallest absolute Gasteiger partial charge is 0.303 e. The van der Waals surface area contributed by atoms with E-state index >= 15 is 0 Å². The summed E-state index contributed by atoms with van der Waals surface area (Å²) in [6, 6.07) is 1.97. The Hall–Kier alpha value is -1.36. The van der Waals surface area contributed by atoms with Gasteiger partial charge in [0.1, 0.15) is 0 Å². The van der Waals surface area contributed by atoms with E-state index in [1.807, 2.05) is 23.8 Å². The van der Waals surface area contributed by atoms with Crippen LogP contribution in [-0.2, 0) is 15.0 Å². The zero-order chi connectivity index (χ0) is 13.6. The molecule has 0 unspecified atom stereocenters. The second kappa shape index (κ2) is 6.54. The molecule has 1 aromatic rings. The van der Waals surface area contributed by atoms with Crippen molar-refractivity contribution in [1.82, 2.24) is 0 Å². The number of hydrogen-bond acceptors (Lipinski definition) is 3. The van der Waals surface area contributed by atoms with Gasteiger partial charge in [0.25, 0.3) is 0 Å². The second-order valence-electron chi connectivity index (χ2n) is 4.43. The first-order valence-electron chi connectivity index (χ1n) is 5.96. The van der Waals surface area contributed by atoms with Gasteiger partial charge >= 0.3 is 11.9 Å². The van der Waals surface area contributed by atoms with E-state index in [1.54, 1.807) is 11.3 Å². The minimum Gasteiger partial charge on any atom is -0.481 e. The first-order chi connectivity index (χ1) is 8.50. The summed E-state index contributed by atoms with van der Waals surface area (Å²) in [5, 5.41) is 21.6. The fourth-order valence-electron chi connectivity index (χ4n) is 2.23. The van der Waals surface area contributed by atoms with Crippen LogP contribution in [0.5, 0.6) is 0 Å². The molecule has 0 saturated carbocycles. The number of carboxylic acid groups (broad SMARTS) is 2. The van der Waals surface area contributed by atoms with Gasteiger partial charge in [-0.05, 0) is 47.1 Å². The van der Waals surface area contributed by atoms with Gasteiger partial charge in [-0.1, -0.05) is 6.92 Å². The molecule has 100 valence electrons. The first-order valence-corrected chi connectivity index (χ1v) is 6.91. The van der Waals surface area contributed by atoms with Crippen LogP contribution in [0.4, 0.5) is 0 Å². The third kappa shape index (κ3) is 3.84. The number of carbonyl (C=O) groups is 2. The summed E-state index contributed by atoms with van der Waals surface area (Å²) in [5.41, 5.74) is 0.744. The lowest BCUT2D eigenvalue weighted by molar-refractivity contribution is -0.137. The third-order valence-corrected chi connectivity index (χ3v) is 4.13. The monoisotopic (exact) mass is 270 g/mol. The largest absolute Gasteiger partial charge is 0.481 e. The molecule has 0 aromatic carbocycles. The minimum absolute atomic E-state index is 0.0727. The maximum atomic E-state index is 10.8. The van der Waals surface area contributed by atoms with Crippen LogP contribution in [0, 0.1) is 0 Å². The van der Waals surface area contributed by atoms with Crippen LogP contribution in [-0.4, -0.2) is 22.2 Å². The molecular formula is C13H18O4S. The lowest BCUT2D eigenvalue weighted by Gasteiger charge is -2.31. The fourth-order valence-corrected chi connectivity index (χ4v) is 3.01. The summed E-state index contributed by atoms with van der Waals surface area (Å²) < 4.78 is 0. The predicted molar refractivity (Wildman–Crippen MR) is 70.0 cm³/mol. The van der Waals surface area contributed by atoms with E-state index in [4.69, 9.17) is 10.2 Å². The van der Waals surface area contributed by atoms with Crippen molar-refractivity contribution in [2.45, 2.75) is 44.4 Å². The Bertz CT molecular complexity index is 379. The van der Waals surface area contributed by atoms with Gasteiger partial charge in [-0.25, -0.2) is 0 Å². The summed E-state index contributed by atoms with van der Waals surface area (Å²) >= 11 is 1.56. The molecule has 0 saturated heterocycles. The Balaban J connectivity index is 2.89. The van der Waals surface area contributed by atoms with Gasteiger partial charge in [0.05, 0.1) is 0 Å². The third-order valence-electron chi connectivity index (χ3n) is 3.45. The summed E-state index contributed by atoms with van der Waals surface area (Å²) in [6.45, 7) is 1.99. The van der Waals surface area contributed by atoms with Crippen LogP contribution in [0.15, 0.2) is 16.8 Å². The highest BCUT2D eigenvalue weighted by Crippen LogP contribution is 2.38. The van der Waals surface area contributed by atoms with Crippen molar-refractivity contribution in [2.24, 2.45) is 0 Å². The number of hydrogen-bond donors (Lipinski definition) is 2. The standard InChI is InChI=1S/C13H18O4S/c1-2-13(6-3-11(14)15,7-4-12(16)17)10-5-8-18-9-10/h5,8-9H,2-4,6-7H2,1H3,(H,14,15)(H,16,17). The molecule has 1 aromatic heterocycles. The highest BCUT2D eigenvalue weighted by molar-refractivity contribution is 7.08. The van der Waals surface area contributed by atoms with Crippen LogP contribution in [0.25, 0.3) is 0 Å². The summed E-state index contributed by atoms with van der Waals surface area (Å²) in [4.78, 5) is 21.5.